The van der Waals surface area contributed by atoms with E-state index in [9.17, 15) is 14.0 Å². The third-order valence-corrected chi connectivity index (χ3v) is 2.81. The lowest BCUT2D eigenvalue weighted by molar-refractivity contribution is -0.117. The number of carbonyl (C=O) groups excluding carboxylic acids is 2. The van der Waals surface area contributed by atoms with E-state index >= 15 is 0 Å². The van der Waals surface area contributed by atoms with E-state index in [-0.39, 0.29) is 22.7 Å². The molecule has 96 valence electrons. The molecule has 1 aromatic rings. The Hall–Kier alpha value is -1.69. The number of nitrogens with zero attached hydrogens (tertiary/aromatic N) is 1. The second-order valence-electron chi connectivity index (χ2n) is 3.91. The van der Waals surface area contributed by atoms with E-state index in [4.69, 9.17) is 11.6 Å². The number of halogens is 2. The second kappa shape index (κ2) is 4.89. The number of aromatic nitrogens is 1. The minimum atomic E-state index is -1.07. The summed E-state index contributed by atoms with van der Waals surface area (Å²) in [5.74, 6) is -2.25. The number of hydrogen-bond donors (Lipinski definition) is 1. The van der Waals surface area contributed by atoms with Gasteiger partial charge in [-0.1, -0.05) is 11.6 Å². The molecule has 1 aliphatic rings. The van der Waals surface area contributed by atoms with E-state index in [0.29, 0.717) is 0 Å². The smallest absolute Gasteiger partial charge is 0.344 e. The van der Waals surface area contributed by atoms with E-state index < -0.39 is 17.5 Å². The lowest BCUT2D eigenvalue weighted by atomic mass is 10.2. The van der Waals surface area contributed by atoms with Crippen LogP contribution in [0.4, 0.5) is 10.2 Å². The number of esters is 1. The van der Waals surface area contributed by atoms with Gasteiger partial charge in [0.25, 0.3) is 0 Å². The Bertz CT molecular complexity index is 494. The molecule has 1 amide bonds. The first-order valence-corrected chi connectivity index (χ1v) is 5.66. The standard InChI is InChI=1S/C11H10ClFN2O3/c1-18-11(17)8-6(12)4-7(14-9(8)13)15-10(16)5-2-3-5/h4-5H,2-3H2,1H3,(H,14,15,16). The molecule has 0 unspecified atom stereocenters. The van der Waals surface area contributed by atoms with Gasteiger partial charge in [-0.05, 0) is 12.8 Å². The molecule has 0 aliphatic heterocycles. The van der Waals surface area contributed by atoms with Crippen LogP contribution < -0.4 is 5.32 Å². The first-order chi connectivity index (χ1) is 8.52. The molecule has 1 N–H and O–H groups in total. The highest BCUT2D eigenvalue weighted by Gasteiger charge is 2.30. The predicted octanol–water partition coefficient (Wildman–Crippen LogP) is 2.01. The van der Waals surface area contributed by atoms with Crippen molar-refractivity contribution in [2.75, 3.05) is 12.4 Å². The molecule has 7 heteroatoms. The fourth-order valence-corrected chi connectivity index (χ4v) is 1.66. The molecule has 18 heavy (non-hydrogen) atoms. The van der Waals surface area contributed by atoms with Gasteiger partial charge in [0.1, 0.15) is 11.4 Å². The zero-order valence-electron chi connectivity index (χ0n) is 9.50. The van der Waals surface area contributed by atoms with Gasteiger partial charge in [0.05, 0.1) is 12.1 Å². The fourth-order valence-electron chi connectivity index (χ4n) is 1.41. The zero-order chi connectivity index (χ0) is 13.3. The highest BCUT2D eigenvalue weighted by Crippen LogP contribution is 2.30. The van der Waals surface area contributed by atoms with Crippen molar-refractivity contribution in [1.82, 2.24) is 4.98 Å². The number of methoxy groups -OCH3 is 1. The van der Waals surface area contributed by atoms with Gasteiger partial charge >= 0.3 is 5.97 Å². The van der Waals surface area contributed by atoms with E-state index in [0.717, 1.165) is 20.0 Å². The van der Waals surface area contributed by atoms with Crippen LogP contribution in [0.1, 0.15) is 23.2 Å². The molecule has 1 saturated carbocycles. The zero-order valence-corrected chi connectivity index (χ0v) is 10.3. The van der Waals surface area contributed by atoms with Crippen molar-refractivity contribution in [3.63, 3.8) is 0 Å². The highest BCUT2D eigenvalue weighted by atomic mass is 35.5. The Morgan fingerprint density at radius 1 is 1.56 bits per heavy atom. The van der Waals surface area contributed by atoms with Crippen LogP contribution in [-0.4, -0.2) is 24.0 Å². The lowest BCUT2D eigenvalue weighted by Gasteiger charge is -2.07. The van der Waals surface area contributed by atoms with Gasteiger partial charge in [0.2, 0.25) is 11.9 Å². The summed E-state index contributed by atoms with van der Waals surface area (Å²) < 4.78 is 17.9. The van der Waals surface area contributed by atoms with Crippen LogP contribution in [0.5, 0.6) is 0 Å². The van der Waals surface area contributed by atoms with Crippen LogP contribution in [0.2, 0.25) is 5.02 Å². The van der Waals surface area contributed by atoms with Gasteiger partial charge < -0.3 is 10.1 Å². The topological polar surface area (TPSA) is 68.3 Å². The summed E-state index contributed by atoms with van der Waals surface area (Å²) in [7, 11) is 1.11. The minimum Gasteiger partial charge on any atom is -0.465 e. The monoisotopic (exact) mass is 272 g/mol. The van der Waals surface area contributed by atoms with Crippen LogP contribution in [0.15, 0.2) is 6.07 Å². The van der Waals surface area contributed by atoms with Crippen molar-refractivity contribution in [3.8, 4) is 0 Å². The maximum Gasteiger partial charge on any atom is 0.344 e. The number of pyridine rings is 1. The summed E-state index contributed by atoms with van der Waals surface area (Å²) in [6.07, 6.45) is 1.64. The average molecular weight is 273 g/mol. The van der Waals surface area contributed by atoms with Crippen LogP contribution >= 0.6 is 11.6 Å². The molecule has 5 nitrogen and oxygen atoms in total. The summed E-state index contributed by atoms with van der Waals surface area (Å²) in [4.78, 5) is 26.2. The molecule has 0 saturated heterocycles. The van der Waals surface area contributed by atoms with E-state index in [1.54, 1.807) is 0 Å². The number of ether oxygens (including phenoxy) is 1. The van der Waals surface area contributed by atoms with Gasteiger partial charge in [-0.25, -0.2) is 9.78 Å². The normalized spacial score (nSPS) is 14.2. The quantitative estimate of drug-likeness (QED) is 0.675. The number of hydrogen-bond acceptors (Lipinski definition) is 4. The van der Waals surface area contributed by atoms with E-state index in [1.165, 1.54) is 6.07 Å². The van der Waals surface area contributed by atoms with E-state index in [2.05, 4.69) is 15.0 Å². The third-order valence-electron chi connectivity index (χ3n) is 2.52. The number of amides is 1. The van der Waals surface area contributed by atoms with Crippen molar-refractivity contribution in [1.29, 1.82) is 0 Å². The first-order valence-electron chi connectivity index (χ1n) is 5.28. The number of anilines is 1. The Labute approximate surface area is 107 Å². The van der Waals surface area contributed by atoms with Crippen LogP contribution in [-0.2, 0) is 9.53 Å². The summed E-state index contributed by atoms with van der Waals surface area (Å²) in [6, 6.07) is 1.22. The molecular formula is C11H10ClFN2O3. The highest BCUT2D eigenvalue weighted by molar-refractivity contribution is 6.33. The summed E-state index contributed by atoms with van der Waals surface area (Å²) in [5.41, 5.74) is -0.441. The lowest BCUT2D eigenvalue weighted by Crippen LogP contribution is -2.16. The summed E-state index contributed by atoms with van der Waals surface area (Å²) in [5, 5.41) is 2.29. The molecule has 0 spiro atoms. The van der Waals surface area contributed by atoms with Crippen LogP contribution in [0.3, 0.4) is 0 Å². The van der Waals surface area contributed by atoms with Crippen LogP contribution in [0.25, 0.3) is 0 Å². The van der Waals surface area contributed by atoms with Crippen molar-refractivity contribution in [2.24, 2.45) is 5.92 Å². The molecule has 0 atom stereocenters. The largest absolute Gasteiger partial charge is 0.465 e. The molecule has 0 bridgehead atoms. The van der Waals surface area contributed by atoms with Crippen molar-refractivity contribution >= 4 is 29.3 Å². The van der Waals surface area contributed by atoms with Gasteiger partial charge in [0.15, 0.2) is 0 Å². The fraction of sp³-hybridized carbons (Fsp3) is 0.364. The number of nitrogens with one attached hydrogen (secondary N) is 1. The van der Waals surface area contributed by atoms with Crippen molar-refractivity contribution in [2.45, 2.75) is 12.8 Å². The van der Waals surface area contributed by atoms with Crippen molar-refractivity contribution < 1.29 is 18.7 Å². The maximum absolute atomic E-state index is 13.6. The SMILES string of the molecule is COC(=O)c1c(Cl)cc(NC(=O)C2CC2)nc1F. The van der Waals surface area contributed by atoms with Crippen molar-refractivity contribution in [3.05, 3.63) is 22.6 Å². The molecule has 1 fully saturated rings. The third kappa shape index (κ3) is 2.59. The minimum absolute atomic E-state index is 0.0120. The average Bonchev–Trinajstić information content (AvgIpc) is 3.11. The molecular weight excluding hydrogens is 263 g/mol. The molecule has 1 aliphatic carbocycles. The Morgan fingerprint density at radius 2 is 2.22 bits per heavy atom. The first kappa shape index (κ1) is 12.8. The van der Waals surface area contributed by atoms with Gasteiger partial charge in [-0.15, -0.1) is 0 Å². The van der Waals surface area contributed by atoms with Gasteiger partial charge in [0, 0.05) is 12.0 Å². The molecule has 2 rings (SSSR count). The van der Waals surface area contributed by atoms with Gasteiger partial charge in [-0.3, -0.25) is 4.79 Å². The van der Waals surface area contributed by atoms with Gasteiger partial charge in [-0.2, -0.15) is 4.39 Å². The molecule has 1 heterocycles. The molecule has 0 aromatic carbocycles. The molecule has 1 aromatic heterocycles. The summed E-state index contributed by atoms with van der Waals surface area (Å²) >= 11 is 5.75. The number of carbonyl (C=O) groups is 2. The molecule has 0 radical (unpaired) electrons. The Balaban J connectivity index is 2.24. The Kier molecular flexibility index (Phi) is 3.47. The predicted molar refractivity (Wildman–Crippen MR) is 61.9 cm³/mol. The van der Waals surface area contributed by atoms with E-state index in [1.807, 2.05) is 0 Å². The Morgan fingerprint density at radius 3 is 2.72 bits per heavy atom. The number of rotatable bonds is 3. The van der Waals surface area contributed by atoms with Crippen LogP contribution in [0, 0.1) is 11.9 Å². The maximum atomic E-state index is 13.6. The second-order valence-corrected chi connectivity index (χ2v) is 4.32. The summed E-state index contributed by atoms with van der Waals surface area (Å²) in [6.45, 7) is 0.